The van der Waals surface area contributed by atoms with E-state index >= 15 is 0 Å². The Balaban J connectivity index is 2.37. The van der Waals surface area contributed by atoms with Gasteiger partial charge >= 0.3 is 0 Å². The Morgan fingerprint density at radius 3 is 1.96 bits per heavy atom. The van der Waals surface area contributed by atoms with Gasteiger partial charge in [0.2, 0.25) is 0 Å². The van der Waals surface area contributed by atoms with Crippen molar-refractivity contribution in [2.75, 3.05) is 0 Å². The van der Waals surface area contributed by atoms with E-state index in [1.165, 1.54) is 0 Å². The number of aromatic nitrogens is 2. The van der Waals surface area contributed by atoms with Crippen molar-refractivity contribution in [3.63, 3.8) is 0 Å². The van der Waals surface area contributed by atoms with Crippen LogP contribution in [-0.4, -0.2) is 10.2 Å². The summed E-state index contributed by atoms with van der Waals surface area (Å²) in [7, 11) is 0. The molecule has 0 bridgehead atoms. The third-order valence-electron chi connectivity index (χ3n) is 3.50. The van der Waals surface area contributed by atoms with E-state index < -0.39 is 23.0 Å². The van der Waals surface area contributed by atoms with Crippen LogP contribution in [0.2, 0.25) is 10.2 Å². The number of rotatable bonds is 2. The second-order valence-electron chi connectivity index (χ2n) is 5.08. The molecule has 0 amide bonds. The largest absolute Gasteiger partial charge is 0.207 e. The maximum absolute atomic E-state index is 14.3. The molecule has 0 aliphatic heterocycles. The van der Waals surface area contributed by atoms with Gasteiger partial charge in [-0.1, -0.05) is 35.3 Å². The Morgan fingerprint density at radius 1 is 0.792 bits per heavy atom. The van der Waals surface area contributed by atoms with Crippen molar-refractivity contribution in [2.45, 2.75) is 6.92 Å². The topological polar surface area (TPSA) is 25.8 Å². The monoisotopic (exact) mass is 368 g/mol. The van der Waals surface area contributed by atoms with Crippen LogP contribution >= 0.6 is 23.2 Å². The molecule has 2 aromatic carbocycles. The molecule has 7 heteroatoms. The van der Waals surface area contributed by atoms with E-state index in [4.69, 9.17) is 23.2 Å². The van der Waals surface area contributed by atoms with Gasteiger partial charge in [-0.25, -0.2) is 13.2 Å². The second kappa shape index (κ2) is 6.42. The summed E-state index contributed by atoms with van der Waals surface area (Å²) < 4.78 is 41.7. The van der Waals surface area contributed by atoms with Crippen molar-refractivity contribution in [1.29, 1.82) is 0 Å². The summed E-state index contributed by atoms with van der Waals surface area (Å²) in [6, 6.07) is 7.79. The molecule has 0 spiro atoms. The summed E-state index contributed by atoms with van der Waals surface area (Å²) in [4.78, 5) is 0. The van der Waals surface area contributed by atoms with Crippen molar-refractivity contribution in [1.82, 2.24) is 10.2 Å². The Bertz CT molecular complexity index is 905. The molecule has 0 saturated heterocycles. The average Bonchev–Trinajstić information content (AvgIpc) is 2.51. The van der Waals surface area contributed by atoms with Gasteiger partial charge in [0, 0.05) is 28.3 Å². The Morgan fingerprint density at radius 2 is 1.38 bits per heavy atom. The van der Waals surface area contributed by atoms with Gasteiger partial charge in [0.1, 0.15) is 17.5 Å². The van der Waals surface area contributed by atoms with Crippen molar-refractivity contribution in [3.8, 4) is 22.3 Å². The molecule has 0 saturated carbocycles. The van der Waals surface area contributed by atoms with Gasteiger partial charge in [-0.2, -0.15) is 5.10 Å². The van der Waals surface area contributed by atoms with E-state index in [-0.39, 0.29) is 10.7 Å². The molecular formula is C17H9Cl2F3N2. The quantitative estimate of drug-likeness (QED) is 0.567. The summed E-state index contributed by atoms with van der Waals surface area (Å²) in [5, 5.41) is 7.95. The molecule has 122 valence electrons. The lowest BCUT2D eigenvalue weighted by molar-refractivity contribution is 0.548. The first-order chi connectivity index (χ1) is 11.4. The van der Waals surface area contributed by atoms with Crippen LogP contribution < -0.4 is 0 Å². The fourth-order valence-electron chi connectivity index (χ4n) is 2.48. The maximum atomic E-state index is 14.3. The van der Waals surface area contributed by atoms with E-state index in [1.807, 2.05) is 0 Å². The highest BCUT2D eigenvalue weighted by atomic mass is 35.5. The third kappa shape index (κ3) is 2.97. The fourth-order valence-corrected chi connectivity index (χ4v) is 2.83. The van der Waals surface area contributed by atoms with Gasteiger partial charge < -0.3 is 0 Å². The number of benzene rings is 2. The SMILES string of the molecule is Cc1nnc(Cl)c(-c2c(F)cc(F)cc2F)c1-c1ccc(Cl)cc1. The van der Waals surface area contributed by atoms with Crippen LogP contribution in [0.3, 0.4) is 0 Å². The molecular weight excluding hydrogens is 360 g/mol. The molecule has 0 radical (unpaired) electrons. The molecule has 0 N–H and O–H groups in total. The van der Waals surface area contributed by atoms with Gasteiger partial charge in [0.25, 0.3) is 0 Å². The minimum absolute atomic E-state index is 0.0153. The van der Waals surface area contributed by atoms with Crippen molar-refractivity contribution < 1.29 is 13.2 Å². The van der Waals surface area contributed by atoms with Gasteiger partial charge in [0.15, 0.2) is 5.15 Å². The number of hydrogen-bond acceptors (Lipinski definition) is 2. The first kappa shape index (κ1) is 16.7. The van der Waals surface area contributed by atoms with Crippen LogP contribution in [0.5, 0.6) is 0 Å². The summed E-state index contributed by atoms with van der Waals surface area (Å²) in [6.07, 6.45) is 0. The van der Waals surface area contributed by atoms with Gasteiger partial charge in [0.05, 0.1) is 11.3 Å². The predicted octanol–water partition coefficient (Wildman–Crippen LogP) is 5.84. The molecule has 3 aromatic rings. The molecule has 3 rings (SSSR count). The minimum Gasteiger partial charge on any atom is -0.207 e. The van der Waals surface area contributed by atoms with Crippen LogP contribution in [0.15, 0.2) is 36.4 Å². The highest BCUT2D eigenvalue weighted by molar-refractivity contribution is 6.33. The molecule has 1 heterocycles. The zero-order chi connectivity index (χ0) is 17.4. The molecule has 2 nitrogen and oxygen atoms in total. The summed E-state index contributed by atoms with van der Waals surface area (Å²) >= 11 is 12.0. The number of hydrogen-bond donors (Lipinski definition) is 0. The van der Waals surface area contributed by atoms with Crippen molar-refractivity contribution in [3.05, 3.63) is 69.7 Å². The number of aryl methyl sites for hydroxylation is 1. The molecule has 24 heavy (non-hydrogen) atoms. The lowest BCUT2D eigenvalue weighted by Gasteiger charge is -2.15. The molecule has 0 unspecified atom stereocenters. The summed E-state index contributed by atoms with van der Waals surface area (Å²) in [6.45, 7) is 1.64. The zero-order valence-corrected chi connectivity index (χ0v) is 13.8. The van der Waals surface area contributed by atoms with Crippen molar-refractivity contribution >= 4 is 23.2 Å². The highest BCUT2D eigenvalue weighted by Gasteiger charge is 2.23. The van der Waals surface area contributed by atoms with Crippen LogP contribution in [-0.2, 0) is 0 Å². The Hall–Kier alpha value is -2.11. The van der Waals surface area contributed by atoms with Gasteiger partial charge in [-0.15, -0.1) is 5.10 Å². The smallest absolute Gasteiger partial charge is 0.160 e. The van der Waals surface area contributed by atoms with E-state index in [9.17, 15) is 13.2 Å². The van der Waals surface area contributed by atoms with Crippen molar-refractivity contribution in [2.24, 2.45) is 0 Å². The van der Waals surface area contributed by atoms with Crippen LogP contribution in [0.4, 0.5) is 13.2 Å². The number of halogens is 5. The normalized spacial score (nSPS) is 10.9. The summed E-state index contributed by atoms with van der Waals surface area (Å²) in [5.74, 6) is -3.16. The highest BCUT2D eigenvalue weighted by Crippen LogP contribution is 2.40. The second-order valence-corrected chi connectivity index (χ2v) is 5.87. The summed E-state index contributed by atoms with van der Waals surface area (Å²) in [5.41, 5.74) is 0.980. The lowest BCUT2D eigenvalue weighted by atomic mass is 9.94. The first-order valence-corrected chi connectivity index (χ1v) is 7.57. The minimum atomic E-state index is -1.07. The lowest BCUT2D eigenvalue weighted by Crippen LogP contribution is -2.01. The Kier molecular flexibility index (Phi) is 4.47. The molecule has 0 atom stereocenters. The van der Waals surface area contributed by atoms with Crippen LogP contribution in [0.25, 0.3) is 22.3 Å². The predicted molar refractivity (Wildman–Crippen MR) is 87.5 cm³/mol. The zero-order valence-electron chi connectivity index (χ0n) is 12.2. The fraction of sp³-hybridized carbons (Fsp3) is 0.0588. The van der Waals surface area contributed by atoms with E-state index in [1.54, 1.807) is 31.2 Å². The standard InChI is InChI=1S/C17H9Cl2F3N2/c1-8-14(9-2-4-10(18)5-3-9)16(17(19)24-23-8)15-12(21)6-11(20)7-13(15)22/h2-7H,1H3. The van der Waals surface area contributed by atoms with Crippen LogP contribution in [0.1, 0.15) is 5.69 Å². The van der Waals surface area contributed by atoms with Gasteiger partial charge in [-0.3, -0.25) is 0 Å². The van der Waals surface area contributed by atoms with Gasteiger partial charge in [-0.05, 0) is 24.6 Å². The maximum Gasteiger partial charge on any atom is 0.160 e. The van der Waals surface area contributed by atoms with E-state index in [0.717, 1.165) is 0 Å². The number of nitrogens with zero attached hydrogens (tertiary/aromatic N) is 2. The first-order valence-electron chi connectivity index (χ1n) is 6.82. The molecule has 0 aliphatic carbocycles. The molecule has 1 aromatic heterocycles. The Labute approximate surface area is 145 Å². The van der Waals surface area contributed by atoms with E-state index in [2.05, 4.69) is 10.2 Å². The van der Waals surface area contributed by atoms with E-state index in [0.29, 0.717) is 34.0 Å². The third-order valence-corrected chi connectivity index (χ3v) is 4.01. The van der Waals surface area contributed by atoms with Crippen LogP contribution in [0, 0.1) is 24.4 Å². The molecule has 0 aliphatic rings. The average molecular weight is 369 g/mol. The molecule has 0 fully saturated rings.